The molecule has 0 spiro atoms. The monoisotopic (exact) mass is 284 g/mol. The Morgan fingerprint density at radius 2 is 1.80 bits per heavy atom. The maximum absolute atomic E-state index is 12.0. The molecule has 0 aromatic rings. The van der Waals surface area contributed by atoms with Crippen molar-refractivity contribution in [1.82, 2.24) is 10.2 Å². The highest BCUT2D eigenvalue weighted by Crippen LogP contribution is 2.10. The number of hydrogen-bond acceptors (Lipinski definition) is 3. The van der Waals surface area contributed by atoms with Gasteiger partial charge in [-0.05, 0) is 39.0 Å². The summed E-state index contributed by atoms with van der Waals surface area (Å²) in [6, 6.07) is 0.254. The third kappa shape index (κ3) is 6.37. The van der Waals surface area contributed by atoms with E-state index in [9.17, 15) is 9.59 Å². The Labute approximate surface area is 121 Å². The van der Waals surface area contributed by atoms with Crippen molar-refractivity contribution in [3.05, 3.63) is 0 Å². The normalized spacial score (nSPS) is 18.6. The van der Waals surface area contributed by atoms with Crippen LogP contribution in [0.3, 0.4) is 0 Å². The van der Waals surface area contributed by atoms with Gasteiger partial charge in [-0.15, -0.1) is 0 Å². The number of nitrogens with one attached hydrogen (secondary N) is 1. The zero-order chi connectivity index (χ0) is 15.0. The summed E-state index contributed by atoms with van der Waals surface area (Å²) in [6.45, 7) is 5.97. The Morgan fingerprint density at radius 1 is 1.15 bits per heavy atom. The molecule has 5 heteroatoms. The molecule has 1 saturated heterocycles. The van der Waals surface area contributed by atoms with E-state index in [1.165, 1.54) is 6.42 Å². The first-order valence-electron chi connectivity index (χ1n) is 7.74. The SMILES string of the molecule is CC(CCCC(C)C(=O)O)NCC(=O)N1CCCCC1. The van der Waals surface area contributed by atoms with E-state index in [-0.39, 0.29) is 17.9 Å². The van der Waals surface area contributed by atoms with E-state index < -0.39 is 5.97 Å². The summed E-state index contributed by atoms with van der Waals surface area (Å²) in [7, 11) is 0. The second-order valence-corrected chi connectivity index (χ2v) is 5.89. The van der Waals surface area contributed by atoms with Gasteiger partial charge in [0.15, 0.2) is 0 Å². The first-order chi connectivity index (χ1) is 9.50. The molecule has 1 amide bonds. The molecule has 0 aromatic carbocycles. The molecule has 2 atom stereocenters. The van der Waals surface area contributed by atoms with Crippen LogP contribution in [0.2, 0.25) is 0 Å². The van der Waals surface area contributed by atoms with Crippen LogP contribution in [0.25, 0.3) is 0 Å². The van der Waals surface area contributed by atoms with Gasteiger partial charge in [-0.25, -0.2) is 0 Å². The highest BCUT2D eigenvalue weighted by Gasteiger charge is 2.17. The van der Waals surface area contributed by atoms with E-state index in [2.05, 4.69) is 12.2 Å². The number of aliphatic carboxylic acids is 1. The lowest BCUT2D eigenvalue weighted by Gasteiger charge is -2.27. The summed E-state index contributed by atoms with van der Waals surface area (Å²) in [4.78, 5) is 24.6. The lowest BCUT2D eigenvalue weighted by atomic mass is 10.0. The highest BCUT2D eigenvalue weighted by atomic mass is 16.4. The van der Waals surface area contributed by atoms with Crippen LogP contribution in [0.15, 0.2) is 0 Å². The minimum Gasteiger partial charge on any atom is -0.481 e. The molecule has 0 aromatic heterocycles. The van der Waals surface area contributed by atoms with Crippen LogP contribution in [0.4, 0.5) is 0 Å². The summed E-state index contributed by atoms with van der Waals surface area (Å²) >= 11 is 0. The average Bonchev–Trinajstić information content (AvgIpc) is 2.45. The van der Waals surface area contributed by atoms with Crippen molar-refractivity contribution in [2.24, 2.45) is 5.92 Å². The van der Waals surface area contributed by atoms with Crippen molar-refractivity contribution >= 4 is 11.9 Å². The van der Waals surface area contributed by atoms with Crippen LogP contribution in [0.1, 0.15) is 52.4 Å². The second kappa shape index (κ2) is 8.95. The number of hydrogen-bond donors (Lipinski definition) is 2. The van der Waals surface area contributed by atoms with Gasteiger partial charge in [0.2, 0.25) is 5.91 Å². The van der Waals surface area contributed by atoms with Crippen LogP contribution < -0.4 is 5.32 Å². The number of carbonyl (C=O) groups is 2. The van der Waals surface area contributed by atoms with E-state index in [1.807, 2.05) is 4.90 Å². The van der Waals surface area contributed by atoms with Crippen LogP contribution in [-0.2, 0) is 9.59 Å². The number of carboxylic acid groups (broad SMARTS) is 1. The first kappa shape index (κ1) is 17.0. The van der Waals surface area contributed by atoms with Gasteiger partial charge in [0.25, 0.3) is 0 Å². The van der Waals surface area contributed by atoms with E-state index in [1.54, 1.807) is 6.92 Å². The highest BCUT2D eigenvalue weighted by molar-refractivity contribution is 5.78. The lowest BCUT2D eigenvalue weighted by Crippen LogP contribution is -2.43. The molecular weight excluding hydrogens is 256 g/mol. The summed E-state index contributed by atoms with van der Waals surface area (Å²) in [5.74, 6) is -0.821. The Kier molecular flexibility index (Phi) is 7.59. The molecule has 0 saturated carbocycles. The molecule has 1 fully saturated rings. The summed E-state index contributed by atoms with van der Waals surface area (Å²) in [5, 5.41) is 12.0. The fourth-order valence-electron chi connectivity index (χ4n) is 2.47. The number of amides is 1. The van der Waals surface area contributed by atoms with Gasteiger partial charge in [0.1, 0.15) is 0 Å². The number of likely N-dealkylation sites (tertiary alicyclic amines) is 1. The second-order valence-electron chi connectivity index (χ2n) is 5.89. The quantitative estimate of drug-likeness (QED) is 0.714. The van der Waals surface area contributed by atoms with E-state index in [4.69, 9.17) is 5.11 Å². The Bertz CT molecular complexity index is 314. The molecule has 2 unspecified atom stereocenters. The van der Waals surface area contributed by atoms with Gasteiger partial charge in [0, 0.05) is 19.1 Å². The maximum atomic E-state index is 12.0. The third-order valence-electron chi connectivity index (χ3n) is 4.01. The number of piperidine rings is 1. The topological polar surface area (TPSA) is 69.6 Å². The molecule has 0 radical (unpaired) electrons. The molecule has 1 heterocycles. The zero-order valence-electron chi connectivity index (χ0n) is 12.7. The van der Waals surface area contributed by atoms with Gasteiger partial charge in [-0.3, -0.25) is 9.59 Å². The molecule has 2 N–H and O–H groups in total. The third-order valence-corrected chi connectivity index (χ3v) is 4.01. The van der Waals surface area contributed by atoms with E-state index in [0.717, 1.165) is 38.8 Å². The number of rotatable bonds is 8. The van der Waals surface area contributed by atoms with Gasteiger partial charge in [0.05, 0.1) is 12.5 Å². The summed E-state index contributed by atoms with van der Waals surface area (Å²) in [5.41, 5.74) is 0. The Morgan fingerprint density at radius 3 is 2.40 bits per heavy atom. The predicted molar refractivity (Wildman–Crippen MR) is 78.5 cm³/mol. The maximum Gasteiger partial charge on any atom is 0.306 e. The molecule has 0 bridgehead atoms. The minimum absolute atomic E-state index is 0.190. The number of nitrogens with zero attached hydrogens (tertiary/aromatic N) is 1. The van der Waals surface area contributed by atoms with Crippen LogP contribution >= 0.6 is 0 Å². The van der Waals surface area contributed by atoms with Gasteiger partial charge in [-0.2, -0.15) is 0 Å². The fraction of sp³-hybridized carbons (Fsp3) is 0.867. The van der Waals surface area contributed by atoms with Crippen molar-refractivity contribution in [2.45, 2.75) is 58.4 Å². The molecular formula is C15H28N2O3. The smallest absolute Gasteiger partial charge is 0.306 e. The van der Waals surface area contributed by atoms with Crippen molar-refractivity contribution in [3.63, 3.8) is 0 Å². The fourth-order valence-corrected chi connectivity index (χ4v) is 2.47. The van der Waals surface area contributed by atoms with Crippen LogP contribution in [0.5, 0.6) is 0 Å². The summed E-state index contributed by atoms with van der Waals surface area (Å²) in [6.07, 6.45) is 5.95. The standard InChI is InChI=1S/C15H28N2O3/c1-12(15(19)20)7-6-8-13(2)16-11-14(18)17-9-4-3-5-10-17/h12-13,16H,3-11H2,1-2H3,(H,19,20). The van der Waals surface area contributed by atoms with Crippen molar-refractivity contribution in [3.8, 4) is 0 Å². The molecule has 1 aliphatic heterocycles. The lowest BCUT2D eigenvalue weighted by molar-refractivity contribution is -0.141. The molecule has 1 aliphatic rings. The minimum atomic E-state index is -0.731. The average molecular weight is 284 g/mol. The molecule has 0 aliphatic carbocycles. The molecule has 1 rings (SSSR count). The van der Waals surface area contributed by atoms with E-state index in [0.29, 0.717) is 13.0 Å². The van der Waals surface area contributed by atoms with Gasteiger partial charge < -0.3 is 15.3 Å². The number of carbonyl (C=O) groups excluding carboxylic acids is 1. The molecule has 20 heavy (non-hydrogen) atoms. The Balaban J connectivity index is 2.11. The Hall–Kier alpha value is -1.10. The van der Waals surface area contributed by atoms with Crippen LogP contribution in [-0.4, -0.2) is 47.6 Å². The van der Waals surface area contributed by atoms with Crippen molar-refractivity contribution in [1.29, 1.82) is 0 Å². The zero-order valence-corrected chi connectivity index (χ0v) is 12.7. The first-order valence-corrected chi connectivity index (χ1v) is 7.74. The largest absolute Gasteiger partial charge is 0.481 e. The van der Waals surface area contributed by atoms with Crippen molar-refractivity contribution in [2.75, 3.05) is 19.6 Å². The predicted octanol–water partition coefficient (Wildman–Crippen LogP) is 1.87. The van der Waals surface area contributed by atoms with Gasteiger partial charge in [-0.1, -0.05) is 13.3 Å². The summed E-state index contributed by atoms with van der Waals surface area (Å²) < 4.78 is 0. The van der Waals surface area contributed by atoms with Crippen LogP contribution in [0, 0.1) is 5.92 Å². The van der Waals surface area contributed by atoms with E-state index >= 15 is 0 Å². The van der Waals surface area contributed by atoms with Gasteiger partial charge >= 0.3 is 5.97 Å². The number of carboxylic acids is 1. The molecule has 5 nitrogen and oxygen atoms in total. The van der Waals surface area contributed by atoms with Crippen molar-refractivity contribution < 1.29 is 14.7 Å². The molecule has 116 valence electrons.